The van der Waals surface area contributed by atoms with E-state index in [9.17, 15) is 0 Å². The van der Waals surface area contributed by atoms with Gasteiger partial charge in [0, 0.05) is 6.61 Å². The highest BCUT2D eigenvalue weighted by Crippen LogP contribution is 1.95. The van der Waals surface area contributed by atoms with Crippen molar-refractivity contribution in [2.45, 2.75) is 33.5 Å². The summed E-state index contributed by atoms with van der Waals surface area (Å²) in [6.07, 6.45) is 0.951. The zero-order chi connectivity index (χ0) is 7.11. The Morgan fingerprint density at radius 2 is 2.22 bits per heavy atom. The second kappa shape index (κ2) is 6.05. The van der Waals surface area contributed by atoms with Gasteiger partial charge in [-0.1, -0.05) is 6.92 Å². The molecule has 0 amide bonds. The summed E-state index contributed by atoms with van der Waals surface area (Å²) in [5.41, 5.74) is 0. The zero-order valence-corrected chi connectivity index (χ0v) is 6.39. The Bertz CT molecular complexity index is 54.9. The first-order valence-corrected chi connectivity index (χ1v) is 3.36. The fraction of sp³-hybridized carbons (Fsp3) is 0.857. The Labute approximate surface area is 57.2 Å². The molecular weight excluding hydrogens is 116 g/mol. The SMILES string of the molecule is C[CH]OC(C)OCCC. The van der Waals surface area contributed by atoms with Crippen molar-refractivity contribution in [2.24, 2.45) is 0 Å². The van der Waals surface area contributed by atoms with Crippen LogP contribution in [0, 0.1) is 6.61 Å². The Morgan fingerprint density at radius 1 is 1.56 bits per heavy atom. The predicted molar refractivity (Wildman–Crippen MR) is 36.8 cm³/mol. The molecule has 2 nitrogen and oxygen atoms in total. The molecule has 1 unspecified atom stereocenters. The monoisotopic (exact) mass is 131 g/mol. The summed E-state index contributed by atoms with van der Waals surface area (Å²) in [4.78, 5) is 0. The van der Waals surface area contributed by atoms with Gasteiger partial charge < -0.3 is 9.47 Å². The van der Waals surface area contributed by atoms with E-state index in [2.05, 4.69) is 6.92 Å². The lowest BCUT2D eigenvalue weighted by molar-refractivity contribution is -0.106. The van der Waals surface area contributed by atoms with Gasteiger partial charge in [0.1, 0.15) is 0 Å². The smallest absolute Gasteiger partial charge is 0.155 e. The largest absolute Gasteiger partial charge is 0.353 e. The van der Waals surface area contributed by atoms with Crippen molar-refractivity contribution in [2.75, 3.05) is 6.61 Å². The maximum Gasteiger partial charge on any atom is 0.155 e. The summed E-state index contributed by atoms with van der Waals surface area (Å²) in [5.74, 6) is 0. The lowest BCUT2D eigenvalue weighted by Crippen LogP contribution is -2.10. The van der Waals surface area contributed by atoms with E-state index in [1.807, 2.05) is 13.8 Å². The third kappa shape index (κ3) is 5.80. The topological polar surface area (TPSA) is 18.5 Å². The van der Waals surface area contributed by atoms with Crippen LogP contribution in [0.25, 0.3) is 0 Å². The van der Waals surface area contributed by atoms with Crippen LogP contribution >= 0.6 is 0 Å². The van der Waals surface area contributed by atoms with E-state index in [-0.39, 0.29) is 6.29 Å². The van der Waals surface area contributed by atoms with Crippen molar-refractivity contribution in [3.05, 3.63) is 6.61 Å². The predicted octanol–water partition coefficient (Wildman–Crippen LogP) is 1.96. The summed E-state index contributed by atoms with van der Waals surface area (Å²) in [7, 11) is 0. The third-order valence-electron chi connectivity index (χ3n) is 0.884. The molecule has 1 atom stereocenters. The zero-order valence-electron chi connectivity index (χ0n) is 6.39. The average molecular weight is 131 g/mol. The van der Waals surface area contributed by atoms with Crippen LogP contribution in [0.1, 0.15) is 27.2 Å². The average Bonchev–Trinajstić information content (AvgIpc) is 1.85. The van der Waals surface area contributed by atoms with Gasteiger partial charge >= 0.3 is 0 Å². The van der Waals surface area contributed by atoms with Crippen LogP contribution in [0.5, 0.6) is 0 Å². The van der Waals surface area contributed by atoms with Crippen molar-refractivity contribution >= 4 is 0 Å². The van der Waals surface area contributed by atoms with Crippen molar-refractivity contribution in [3.8, 4) is 0 Å². The van der Waals surface area contributed by atoms with E-state index < -0.39 is 0 Å². The minimum atomic E-state index is -0.0880. The summed E-state index contributed by atoms with van der Waals surface area (Å²) >= 11 is 0. The van der Waals surface area contributed by atoms with Gasteiger partial charge in [0.25, 0.3) is 0 Å². The first-order valence-electron chi connectivity index (χ1n) is 3.36. The van der Waals surface area contributed by atoms with E-state index >= 15 is 0 Å². The normalized spacial score (nSPS) is 13.7. The maximum atomic E-state index is 5.18. The van der Waals surface area contributed by atoms with Crippen LogP contribution < -0.4 is 0 Å². The number of ether oxygens (including phenoxy) is 2. The van der Waals surface area contributed by atoms with E-state index in [4.69, 9.17) is 9.47 Å². The Hall–Kier alpha value is -0.0800. The molecule has 0 bridgehead atoms. The minimum Gasteiger partial charge on any atom is -0.353 e. The van der Waals surface area contributed by atoms with Crippen LogP contribution in [0.4, 0.5) is 0 Å². The van der Waals surface area contributed by atoms with Crippen LogP contribution in [-0.4, -0.2) is 12.9 Å². The van der Waals surface area contributed by atoms with Crippen LogP contribution in [0.15, 0.2) is 0 Å². The number of hydrogen-bond donors (Lipinski definition) is 0. The molecule has 0 aromatic carbocycles. The van der Waals surface area contributed by atoms with Gasteiger partial charge in [0.05, 0.1) is 6.61 Å². The standard InChI is InChI=1S/C7H15O2/c1-4-6-9-7(3)8-5-2/h5,7H,4,6H2,1-3H3. The molecule has 0 saturated heterocycles. The van der Waals surface area contributed by atoms with Crippen LogP contribution in [-0.2, 0) is 9.47 Å². The molecule has 0 N–H and O–H groups in total. The molecule has 0 fully saturated rings. The highest BCUT2D eigenvalue weighted by atomic mass is 16.7. The van der Waals surface area contributed by atoms with Gasteiger partial charge in [-0.25, -0.2) is 0 Å². The van der Waals surface area contributed by atoms with Gasteiger partial charge in [-0.3, -0.25) is 0 Å². The molecule has 0 aliphatic heterocycles. The fourth-order valence-corrected chi connectivity index (χ4v) is 0.515. The van der Waals surface area contributed by atoms with E-state index in [1.165, 1.54) is 0 Å². The maximum absolute atomic E-state index is 5.18. The van der Waals surface area contributed by atoms with E-state index in [0.717, 1.165) is 13.0 Å². The van der Waals surface area contributed by atoms with Crippen molar-refractivity contribution < 1.29 is 9.47 Å². The summed E-state index contributed by atoms with van der Waals surface area (Å²) in [6, 6.07) is 0. The lowest BCUT2D eigenvalue weighted by atomic mass is 10.5. The first-order chi connectivity index (χ1) is 4.31. The van der Waals surface area contributed by atoms with Gasteiger partial charge in [-0.2, -0.15) is 0 Å². The molecule has 0 aliphatic rings. The quantitative estimate of drug-likeness (QED) is 0.531. The molecule has 0 rings (SSSR count). The highest BCUT2D eigenvalue weighted by Gasteiger charge is 1.96. The molecular formula is C7H15O2. The van der Waals surface area contributed by atoms with Gasteiger partial charge in [0.15, 0.2) is 6.29 Å². The highest BCUT2D eigenvalue weighted by molar-refractivity contribution is 4.37. The molecule has 55 valence electrons. The number of rotatable bonds is 5. The minimum absolute atomic E-state index is 0.0880. The molecule has 1 radical (unpaired) electrons. The molecule has 0 aromatic rings. The lowest BCUT2D eigenvalue weighted by Gasteiger charge is -2.10. The van der Waals surface area contributed by atoms with E-state index in [1.54, 1.807) is 6.61 Å². The molecule has 0 spiro atoms. The third-order valence-corrected chi connectivity index (χ3v) is 0.884. The van der Waals surface area contributed by atoms with Crippen molar-refractivity contribution in [1.82, 2.24) is 0 Å². The van der Waals surface area contributed by atoms with Crippen LogP contribution in [0.3, 0.4) is 0 Å². The summed E-state index contributed by atoms with van der Waals surface area (Å²) in [5, 5.41) is 0. The Morgan fingerprint density at radius 3 is 2.67 bits per heavy atom. The van der Waals surface area contributed by atoms with Crippen molar-refractivity contribution in [3.63, 3.8) is 0 Å². The molecule has 9 heavy (non-hydrogen) atoms. The molecule has 0 saturated carbocycles. The van der Waals surface area contributed by atoms with Gasteiger partial charge in [0.2, 0.25) is 0 Å². The molecule has 0 heterocycles. The molecule has 0 aromatic heterocycles. The fourth-order valence-electron chi connectivity index (χ4n) is 0.515. The second-order valence-electron chi connectivity index (χ2n) is 1.81. The van der Waals surface area contributed by atoms with Gasteiger partial charge in [-0.15, -0.1) is 0 Å². The van der Waals surface area contributed by atoms with E-state index in [0.29, 0.717) is 0 Å². The summed E-state index contributed by atoms with van der Waals surface area (Å²) < 4.78 is 10.2. The molecule has 0 aliphatic carbocycles. The number of hydrogen-bond acceptors (Lipinski definition) is 2. The Kier molecular flexibility index (Phi) is 5.99. The van der Waals surface area contributed by atoms with Gasteiger partial charge in [-0.05, 0) is 20.3 Å². The second-order valence-corrected chi connectivity index (χ2v) is 1.81. The molecule has 2 heteroatoms. The van der Waals surface area contributed by atoms with Crippen LogP contribution in [0.2, 0.25) is 0 Å². The van der Waals surface area contributed by atoms with Crippen molar-refractivity contribution in [1.29, 1.82) is 0 Å². The first kappa shape index (κ1) is 8.92. The Balaban J connectivity index is 2.95. The summed E-state index contributed by atoms with van der Waals surface area (Å²) in [6.45, 7) is 8.21.